The van der Waals surface area contributed by atoms with Crippen molar-refractivity contribution < 1.29 is 18.0 Å². The van der Waals surface area contributed by atoms with Crippen LogP contribution < -0.4 is 14.9 Å². The molecule has 4 rings (SSSR count). The lowest BCUT2D eigenvalue weighted by molar-refractivity contribution is 0.101. The summed E-state index contributed by atoms with van der Waals surface area (Å²) in [5.74, 6) is -0.838. The highest BCUT2D eigenvalue weighted by atomic mass is 35.5. The quantitative estimate of drug-likeness (QED) is 0.473. The lowest BCUT2D eigenvalue weighted by Gasteiger charge is -2.32. The summed E-state index contributed by atoms with van der Waals surface area (Å²) in [6.45, 7) is 0.374. The number of sulfonamides is 1. The number of hydrogen-bond donors (Lipinski definition) is 2. The molecule has 3 aromatic carbocycles. The van der Waals surface area contributed by atoms with Gasteiger partial charge in [0.15, 0.2) is 0 Å². The van der Waals surface area contributed by atoms with Gasteiger partial charge in [0.05, 0.1) is 32.7 Å². The Kier molecular flexibility index (Phi) is 6.54. The minimum Gasteiger partial charge on any atom is -0.322 e. The predicted molar refractivity (Wildman–Crippen MR) is 131 cm³/mol. The number of halogens is 3. The number of amides is 2. The van der Waals surface area contributed by atoms with Crippen molar-refractivity contribution in [2.45, 2.75) is 0 Å². The maximum absolute atomic E-state index is 12.7. The molecule has 0 spiro atoms. The largest absolute Gasteiger partial charge is 0.322 e. The normalized spacial score (nSPS) is 14.3. The molecule has 0 aromatic heterocycles. The van der Waals surface area contributed by atoms with Crippen molar-refractivity contribution in [2.24, 2.45) is 0 Å². The van der Waals surface area contributed by atoms with Crippen LogP contribution in [0.2, 0.25) is 15.1 Å². The van der Waals surface area contributed by atoms with E-state index in [1.54, 1.807) is 24.3 Å². The van der Waals surface area contributed by atoms with Gasteiger partial charge in [0, 0.05) is 22.8 Å². The molecule has 7 nitrogen and oxygen atoms in total. The Labute approximate surface area is 205 Å². The Morgan fingerprint density at radius 3 is 2.27 bits per heavy atom. The Bertz CT molecular complexity index is 1380. The molecule has 0 bridgehead atoms. The molecule has 0 radical (unpaired) electrons. The zero-order chi connectivity index (χ0) is 23.8. The van der Waals surface area contributed by atoms with Crippen LogP contribution in [-0.4, -0.2) is 32.5 Å². The van der Waals surface area contributed by atoms with Crippen LogP contribution in [0.1, 0.15) is 20.7 Å². The summed E-state index contributed by atoms with van der Waals surface area (Å²) in [4.78, 5) is 25.2. The van der Waals surface area contributed by atoms with E-state index in [4.69, 9.17) is 34.8 Å². The number of nitrogens with one attached hydrogen (secondary N) is 2. The van der Waals surface area contributed by atoms with Crippen molar-refractivity contribution in [1.29, 1.82) is 0 Å². The monoisotopic (exact) mass is 523 g/mol. The molecule has 1 aliphatic heterocycles. The Morgan fingerprint density at radius 1 is 0.848 bits per heavy atom. The van der Waals surface area contributed by atoms with Gasteiger partial charge in [-0.15, -0.1) is 0 Å². The van der Waals surface area contributed by atoms with Gasteiger partial charge in [-0.1, -0.05) is 40.9 Å². The van der Waals surface area contributed by atoms with Crippen molar-refractivity contribution >= 4 is 73.7 Å². The molecular weight excluding hydrogens is 509 g/mol. The van der Waals surface area contributed by atoms with E-state index in [1.807, 2.05) is 0 Å². The molecule has 1 aliphatic rings. The average molecular weight is 525 g/mol. The zero-order valence-corrected chi connectivity index (χ0v) is 19.9. The second kappa shape index (κ2) is 9.23. The molecule has 2 N–H and O–H groups in total. The smallest absolute Gasteiger partial charge is 0.257 e. The van der Waals surface area contributed by atoms with E-state index in [0.717, 1.165) is 0 Å². The van der Waals surface area contributed by atoms with Crippen molar-refractivity contribution in [3.8, 4) is 0 Å². The summed E-state index contributed by atoms with van der Waals surface area (Å²) in [7, 11) is -3.30. The summed E-state index contributed by atoms with van der Waals surface area (Å²) in [6, 6.07) is 15.5. The molecule has 0 aliphatic carbocycles. The third kappa shape index (κ3) is 5.09. The number of rotatable bonds is 5. The molecule has 3 aromatic rings. The highest BCUT2D eigenvalue weighted by molar-refractivity contribution is 7.94. The van der Waals surface area contributed by atoms with Gasteiger partial charge >= 0.3 is 0 Å². The molecule has 0 atom stereocenters. The lowest BCUT2D eigenvalue weighted by Crippen LogP contribution is -2.47. The first-order valence-corrected chi connectivity index (χ1v) is 12.4. The van der Waals surface area contributed by atoms with Gasteiger partial charge < -0.3 is 10.6 Å². The van der Waals surface area contributed by atoms with Crippen LogP contribution in [0.5, 0.6) is 0 Å². The highest BCUT2D eigenvalue weighted by Crippen LogP contribution is 2.31. The van der Waals surface area contributed by atoms with Crippen molar-refractivity contribution in [3.63, 3.8) is 0 Å². The van der Waals surface area contributed by atoms with E-state index >= 15 is 0 Å². The molecule has 11 heteroatoms. The van der Waals surface area contributed by atoms with Gasteiger partial charge in [0.2, 0.25) is 10.0 Å². The number of hydrogen-bond acceptors (Lipinski definition) is 4. The SMILES string of the molecule is O=C(Nc1cc(NC(=O)c2ccc(N3CCS3(=O)=O)cc2Cl)ccc1Cl)c1cccc(Cl)c1. The lowest BCUT2D eigenvalue weighted by atomic mass is 10.1. The molecule has 170 valence electrons. The van der Waals surface area contributed by atoms with Crippen molar-refractivity contribution in [1.82, 2.24) is 0 Å². The van der Waals surface area contributed by atoms with Crippen LogP contribution in [0.15, 0.2) is 60.7 Å². The topological polar surface area (TPSA) is 95.6 Å². The third-order valence-corrected chi connectivity index (χ3v) is 7.57. The standard InChI is InChI=1S/C22H16Cl3N3O4S/c23-14-3-1-2-13(10-14)21(29)27-20-11-15(4-7-18(20)24)26-22(30)17-6-5-16(12-19(17)25)28-8-9-33(28,31)32/h1-7,10-12H,8-9H2,(H,26,30)(H,27,29). The van der Waals surface area contributed by atoms with Crippen LogP contribution in [0, 0.1) is 0 Å². The Morgan fingerprint density at radius 2 is 1.64 bits per heavy atom. The summed E-state index contributed by atoms with van der Waals surface area (Å²) in [5, 5.41) is 6.19. The van der Waals surface area contributed by atoms with E-state index in [2.05, 4.69) is 10.6 Å². The second-order valence-electron chi connectivity index (χ2n) is 7.17. The number of carbonyl (C=O) groups excluding carboxylic acids is 2. The molecular formula is C22H16Cl3N3O4S. The van der Waals surface area contributed by atoms with Crippen molar-refractivity contribution in [2.75, 3.05) is 27.2 Å². The minimum atomic E-state index is -3.30. The van der Waals surface area contributed by atoms with E-state index in [-0.39, 0.29) is 21.4 Å². The molecule has 33 heavy (non-hydrogen) atoms. The molecule has 2 amide bonds. The molecule has 0 unspecified atom stereocenters. The van der Waals surface area contributed by atoms with Crippen LogP contribution >= 0.6 is 34.8 Å². The summed E-state index contributed by atoms with van der Waals surface area (Å²) in [5.41, 5.74) is 1.59. The van der Waals surface area contributed by atoms with Gasteiger partial charge in [0.1, 0.15) is 0 Å². The van der Waals surface area contributed by atoms with Gasteiger partial charge in [0.25, 0.3) is 11.8 Å². The van der Waals surface area contributed by atoms with E-state index in [1.165, 1.54) is 40.7 Å². The van der Waals surface area contributed by atoms with Gasteiger partial charge in [-0.25, -0.2) is 8.42 Å². The highest BCUT2D eigenvalue weighted by Gasteiger charge is 2.33. The summed E-state index contributed by atoms with van der Waals surface area (Å²) < 4.78 is 24.8. The predicted octanol–water partition coefficient (Wildman–Crippen LogP) is 5.30. The number of benzene rings is 3. The van der Waals surface area contributed by atoms with E-state index in [0.29, 0.717) is 34.2 Å². The summed E-state index contributed by atoms with van der Waals surface area (Å²) >= 11 is 18.4. The van der Waals surface area contributed by atoms with Gasteiger partial charge in [-0.2, -0.15) is 0 Å². The third-order valence-electron chi connectivity index (χ3n) is 4.93. The zero-order valence-electron chi connectivity index (χ0n) is 16.8. The molecule has 0 saturated carbocycles. The number of carbonyl (C=O) groups is 2. The van der Waals surface area contributed by atoms with Crippen LogP contribution in [-0.2, 0) is 10.0 Å². The summed E-state index contributed by atoms with van der Waals surface area (Å²) in [6.07, 6.45) is 0. The van der Waals surface area contributed by atoms with Gasteiger partial charge in [-0.05, 0) is 54.6 Å². The van der Waals surface area contributed by atoms with E-state index < -0.39 is 21.8 Å². The fourth-order valence-corrected chi connectivity index (χ4v) is 4.90. The first kappa shape index (κ1) is 23.4. The number of anilines is 3. The second-order valence-corrected chi connectivity index (χ2v) is 10.4. The Hall–Kier alpha value is -2.78. The number of nitrogens with zero attached hydrogens (tertiary/aromatic N) is 1. The molecule has 1 heterocycles. The van der Waals surface area contributed by atoms with Gasteiger partial charge in [-0.3, -0.25) is 13.9 Å². The van der Waals surface area contributed by atoms with Crippen molar-refractivity contribution in [3.05, 3.63) is 86.9 Å². The maximum atomic E-state index is 12.7. The van der Waals surface area contributed by atoms with E-state index in [9.17, 15) is 18.0 Å². The average Bonchev–Trinajstić information content (AvgIpc) is 2.75. The minimum absolute atomic E-state index is 0.0829. The molecule has 1 saturated heterocycles. The fourth-order valence-electron chi connectivity index (χ4n) is 3.19. The first-order chi connectivity index (χ1) is 15.6. The van der Waals surface area contributed by atoms with Crippen LogP contribution in [0.4, 0.5) is 17.1 Å². The van der Waals surface area contributed by atoms with Crippen LogP contribution in [0.25, 0.3) is 0 Å². The van der Waals surface area contributed by atoms with Crippen LogP contribution in [0.3, 0.4) is 0 Å². The Balaban J connectivity index is 1.50. The fraction of sp³-hybridized carbons (Fsp3) is 0.0909. The first-order valence-electron chi connectivity index (χ1n) is 9.62. The maximum Gasteiger partial charge on any atom is 0.257 e. The molecule has 1 fully saturated rings.